The van der Waals surface area contributed by atoms with Gasteiger partial charge in [-0.2, -0.15) is 10.1 Å². The van der Waals surface area contributed by atoms with Gasteiger partial charge >= 0.3 is 5.69 Å². The van der Waals surface area contributed by atoms with Gasteiger partial charge in [-0.3, -0.25) is 10.1 Å². The highest BCUT2D eigenvalue weighted by molar-refractivity contribution is 6.31. The van der Waals surface area contributed by atoms with Crippen molar-refractivity contribution >= 4 is 23.2 Å². The molecule has 9 heteroatoms. The number of aryl methyl sites for hydroxylation is 2. The monoisotopic (exact) mass is 310 g/mol. The summed E-state index contributed by atoms with van der Waals surface area (Å²) in [5, 5.41) is 18.8. The maximum absolute atomic E-state index is 11.3. The molecule has 0 saturated heterocycles. The minimum atomic E-state index is -0.515. The number of aromatic nitrogens is 4. The molecule has 0 fully saturated rings. The molecule has 2 rings (SSSR count). The van der Waals surface area contributed by atoms with E-state index < -0.39 is 4.92 Å². The van der Waals surface area contributed by atoms with Gasteiger partial charge < -0.3 is 5.32 Å². The minimum Gasteiger partial charge on any atom is -0.354 e. The number of rotatable bonds is 5. The van der Waals surface area contributed by atoms with Crippen molar-refractivity contribution in [1.82, 2.24) is 19.7 Å². The van der Waals surface area contributed by atoms with Crippen LogP contribution in [0.4, 0.5) is 11.6 Å². The number of nitrogens with one attached hydrogen (secondary N) is 1. The van der Waals surface area contributed by atoms with E-state index in [1.807, 2.05) is 6.92 Å². The Balaban J connectivity index is 2.59. The van der Waals surface area contributed by atoms with Crippen LogP contribution in [0.3, 0.4) is 0 Å². The second-order valence-electron chi connectivity index (χ2n) is 4.50. The fourth-order valence-corrected chi connectivity index (χ4v) is 1.92. The lowest BCUT2D eigenvalue weighted by Gasteiger charge is -2.08. The van der Waals surface area contributed by atoms with Crippen LogP contribution in [0.5, 0.6) is 0 Å². The number of nitrogens with zero attached hydrogens (tertiary/aromatic N) is 5. The first-order valence-corrected chi connectivity index (χ1v) is 6.80. The van der Waals surface area contributed by atoms with E-state index >= 15 is 0 Å². The molecule has 0 spiro atoms. The molecule has 2 aromatic rings. The number of anilines is 1. The second kappa shape index (κ2) is 6.04. The van der Waals surface area contributed by atoms with Gasteiger partial charge in [0.1, 0.15) is 5.69 Å². The molecule has 112 valence electrons. The van der Waals surface area contributed by atoms with Gasteiger partial charge in [0.05, 0.1) is 21.8 Å². The molecule has 0 amide bonds. The van der Waals surface area contributed by atoms with Crippen LogP contribution < -0.4 is 5.32 Å². The van der Waals surface area contributed by atoms with E-state index in [1.165, 1.54) is 10.9 Å². The molecule has 2 heterocycles. The van der Waals surface area contributed by atoms with Crippen molar-refractivity contribution in [1.29, 1.82) is 0 Å². The predicted molar refractivity (Wildman–Crippen MR) is 79.1 cm³/mol. The fraction of sp³-hybridized carbons (Fsp3) is 0.417. The fourth-order valence-electron chi connectivity index (χ4n) is 1.79. The van der Waals surface area contributed by atoms with E-state index in [9.17, 15) is 10.1 Å². The third-order valence-corrected chi connectivity index (χ3v) is 3.18. The van der Waals surface area contributed by atoms with Crippen LogP contribution in [-0.4, -0.2) is 31.2 Å². The lowest BCUT2D eigenvalue weighted by molar-refractivity contribution is -0.385. The van der Waals surface area contributed by atoms with Crippen LogP contribution in [0.15, 0.2) is 6.20 Å². The minimum absolute atomic E-state index is 0.0982. The third kappa shape index (κ3) is 3.10. The quantitative estimate of drug-likeness (QED) is 0.673. The maximum Gasteiger partial charge on any atom is 0.334 e. The van der Waals surface area contributed by atoms with Crippen molar-refractivity contribution in [3.05, 3.63) is 32.7 Å². The van der Waals surface area contributed by atoms with Crippen LogP contribution in [0.2, 0.25) is 5.02 Å². The SMILES string of the molecule is CCCNc1nc(C)c([N+](=O)[O-])c(-n2cc(Cl)c(C)n2)n1. The van der Waals surface area contributed by atoms with Crippen LogP contribution in [0, 0.1) is 24.0 Å². The van der Waals surface area contributed by atoms with Crippen molar-refractivity contribution in [2.24, 2.45) is 0 Å². The van der Waals surface area contributed by atoms with Crippen LogP contribution in [0.25, 0.3) is 5.82 Å². The molecule has 0 atom stereocenters. The van der Waals surface area contributed by atoms with E-state index in [4.69, 9.17) is 11.6 Å². The van der Waals surface area contributed by atoms with Gasteiger partial charge in [-0.25, -0.2) is 9.67 Å². The van der Waals surface area contributed by atoms with Gasteiger partial charge in [0, 0.05) is 6.54 Å². The van der Waals surface area contributed by atoms with E-state index in [-0.39, 0.29) is 17.2 Å². The molecule has 21 heavy (non-hydrogen) atoms. The van der Waals surface area contributed by atoms with Crippen molar-refractivity contribution in [3.8, 4) is 5.82 Å². The molecule has 0 radical (unpaired) electrons. The molecule has 0 bridgehead atoms. The molecule has 0 saturated carbocycles. The van der Waals surface area contributed by atoms with Crippen LogP contribution in [0.1, 0.15) is 24.7 Å². The molecule has 0 aliphatic heterocycles. The van der Waals surface area contributed by atoms with Gasteiger partial charge in [0.15, 0.2) is 0 Å². The summed E-state index contributed by atoms with van der Waals surface area (Å²) in [6.07, 6.45) is 2.39. The van der Waals surface area contributed by atoms with Crippen LogP contribution >= 0.6 is 11.6 Å². The molecular weight excluding hydrogens is 296 g/mol. The Morgan fingerprint density at radius 3 is 2.62 bits per heavy atom. The lowest BCUT2D eigenvalue weighted by Crippen LogP contribution is -2.12. The van der Waals surface area contributed by atoms with E-state index in [2.05, 4.69) is 20.4 Å². The van der Waals surface area contributed by atoms with E-state index in [0.717, 1.165) is 6.42 Å². The molecule has 2 aromatic heterocycles. The Bertz CT molecular complexity index is 665. The molecule has 1 N–H and O–H groups in total. The lowest BCUT2D eigenvalue weighted by atomic mass is 10.3. The standard InChI is InChI=1S/C12H15ClN6O2/c1-4-5-14-12-15-8(3)10(19(20)21)11(16-12)18-6-9(13)7(2)17-18/h6H,4-5H2,1-3H3,(H,14,15,16). The maximum atomic E-state index is 11.3. The molecule has 0 aromatic carbocycles. The zero-order valence-electron chi connectivity index (χ0n) is 11.9. The largest absolute Gasteiger partial charge is 0.354 e. The molecular formula is C12H15ClN6O2. The van der Waals surface area contributed by atoms with Gasteiger partial charge in [-0.1, -0.05) is 18.5 Å². The summed E-state index contributed by atoms with van der Waals surface area (Å²) in [7, 11) is 0. The molecule has 8 nitrogen and oxygen atoms in total. The van der Waals surface area contributed by atoms with Crippen LogP contribution in [-0.2, 0) is 0 Å². The zero-order chi connectivity index (χ0) is 15.6. The molecule has 0 unspecified atom stereocenters. The second-order valence-corrected chi connectivity index (χ2v) is 4.90. The Kier molecular flexibility index (Phi) is 4.37. The number of hydrogen-bond donors (Lipinski definition) is 1. The highest BCUT2D eigenvalue weighted by Gasteiger charge is 2.24. The normalized spacial score (nSPS) is 10.7. The highest BCUT2D eigenvalue weighted by Crippen LogP contribution is 2.26. The first kappa shape index (κ1) is 15.2. The van der Waals surface area contributed by atoms with Gasteiger partial charge in [-0.15, -0.1) is 0 Å². The summed E-state index contributed by atoms with van der Waals surface area (Å²) in [5.41, 5.74) is 0.661. The van der Waals surface area contributed by atoms with Gasteiger partial charge in [-0.05, 0) is 20.3 Å². The molecule has 0 aliphatic carbocycles. The summed E-state index contributed by atoms with van der Waals surface area (Å²) >= 11 is 5.96. The zero-order valence-corrected chi connectivity index (χ0v) is 12.7. The topological polar surface area (TPSA) is 98.8 Å². The number of hydrogen-bond acceptors (Lipinski definition) is 6. The Labute approximate surface area is 126 Å². The van der Waals surface area contributed by atoms with Crippen molar-refractivity contribution in [2.75, 3.05) is 11.9 Å². The Morgan fingerprint density at radius 1 is 1.38 bits per heavy atom. The van der Waals surface area contributed by atoms with Gasteiger partial charge in [0.25, 0.3) is 0 Å². The third-order valence-electron chi connectivity index (χ3n) is 2.81. The summed E-state index contributed by atoms with van der Waals surface area (Å²) in [6, 6.07) is 0. The highest BCUT2D eigenvalue weighted by atomic mass is 35.5. The molecule has 0 aliphatic rings. The van der Waals surface area contributed by atoms with Crippen molar-refractivity contribution in [3.63, 3.8) is 0 Å². The van der Waals surface area contributed by atoms with Crippen molar-refractivity contribution < 1.29 is 4.92 Å². The van der Waals surface area contributed by atoms with E-state index in [0.29, 0.717) is 23.2 Å². The first-order valence-electron chi connectivity index (χ1n) is 6.43. The summed E-state index contributed by atoms with van der Waals surface area (Å²) in [5.74, 6) is 0.431. The average molecular weight is 311 g/mol. The summed E-state index contributed by atoms with van der Waals surface area (Å²) < 4.78 is 1.31. The smallest absolute Gasteiger partial charge is 0.334 e. The summed E-state index contributed by atoms with van der Waals surface area (Å²) in [6.45, 7) is 5.96. The Hall–Kier alpha value is -2.22. The predicted octanol–water partition coefficient (Wildman–Crippen LogP) is 2.66. The van der Waals surface area contributed by atoms with Gasteiger partial charge in [0.2, 0.25) is 11.8 Å². The number of nitro groups is 1. The first-order chi connectivity index (χ1) is 9.93. The summed E-state index contributed by atoms with van der Waals surface area (Å²) in [4.78, 5) is 19.1. The number of halogens is 1. The van der Waals surface area contributed by atoms with Crippen molar-refractivity contribution in [2.45, 2.75) is 27.2 Å². The van der Waals surface area contributed by atoms with E-state index in [1.54, 1.807) is 13.8 Å². The Morgan fingerprint density at radius 2 is 2.10 bits per heavy atom. The average Bonchev–Trinajstić information content (AvgIpc) is 2.75.